The van der Waals surface area contributed by atoms with E-state index in [9.17, 15) is 4.79 Å². The van der Waals surface area contributed by atoms with Crippen molar-refractivity contribution in [1.29, 1.82) is 0 Å². The first-order valence-electron chi connectivity index (χ1n) is 6.90. The fourth-order valence-corrected chi connectivity index (χ4v) is 2.42. The lowest BCUT2D eigenvalue weighted by Gasteiger charge is -2.08. The van der Waals surface area contributed by atoms with Gasteiger partial charge in [0.05, 0.1) is 5.69 Å². The zero-order valence-corrected chi connectivity index (χ0v) is 12.9. The third-order valence-corrected chi connectivity index (χ3v) is 3.61. The smallest absolute Gasteiger partial charge is 0.248 e. The number of aryl methyl sites for hydroxylation is 2. The average Bonchev–Trinajstić information content (AvgIpc) is 3.06. The summed E-state index contributed by atoms with van der Waals surface area (Å²) in [7, 11) is 0. The number of nitrogens with two attached hydrogens (primary N) is 1. The van der Waals surface area contributed by atoms with Crippen molar-refractivity contribution in [3.05, 3.63) is 22.8 Å². The molecular weight excluding hydrogens is 290 g/mol. The maximum atomic E-state index is 11.9. The lowest BCUT2D eigenvalue weighted by Crippen LogP contribution is -2.27. The molecule has 8 heteroatoms. The van der Waals surface area contributed by atoms with E-state index in [1.54, 1.807) is 0 Å². The molecule has 2 heterocycles. The van der Waals surface area contributed by atoms with Gasteiger partial charge in [0.25, 0.3) is 0 Å². The third kappa shape index (κ3) is 4.52. The van der Waals surface area contributed by atoms with Crippen LogP contribution in [0.15, 0.2) is 9.90 Å². The molecule has 0 spiro atoms. The van der Waals surface area contributed by atoms with Crippen LogP contribution in [0, 0.1) is 0 Å². The summed E-state index contributed by atoms with van der Waals surface area (Å²) in [5.41, 5.74) is 6.38. The predicted molar refractivity (Wildman–Crippen MR) is 79.7 cm³/mol. The van der Waals surface area contributed by atoms with Gasteiger partial charge in [0.1, 0.15) is 6.04 Å². The van der Waals surface area contributed by atoms with Gasteiger partial charge in [-0.3, -0.25) is 4.79 Å². The molecule has 0 aromatic carbocycles. The van der Waals surface area contributed by atoms with Crippen molar-refractivity contribution in [1.82, 2.24) is 20.4 Å². The number of amides is 1. The number of nitrogens with one attached hydrogen (secondary N) is 1. The molecule has 7 nitrogen and oxygen atoms in total. The van der Waals surface area contributed by atoms with E-state index in [0.29, 0.717) is 29.7 Å². The summed E-state index contributed by atoms with van der Waals surface area (Å²) < 4.78 is 5.14. The van der Waals surface area contributed by atoms with Crippen LogP contribution < -0.4 is 11.1 Å². The molecule has 1 unspecified atom stereocenters. The fourth-order valence-electron chi connectivity index (χ4n) is 1.82. The van der Waals surface area contributed by atoms with Crippen LogP contribution in [0.3, 0.4) is 0 Å². The number of anilines is 1. The lowest BCUT2D eigenvalue weighted by molar-refractivity contribution is -0.121. The lowest BCUT2D eigenvalue weighted by atomic mass is 10.2. The molecule has 21 heavy (non-hydrogen) atoms. The highest BCUT2D eigenvalue weighted by Crippen LogP contribution is 2.14. The summed E-state index contributed by atoms with van der Waals surface area (Å²) >= 11 is 1.38. The first kappa shape index (κ1) is 15.4. The quantitative estimate of drug-likeness (QED) is 0.808. The topological polar surface area (TPSA) is 107 Å². The van der Waals surface area contributed by atoms with E-state index in [4.69, 9.17) is 10.3 Å². The summed E-state index contributed by atoms with van der Waals surface area (Å²) in [6.45, 7) is 3.87. The number of hydrogen-bond acceptors (Lipinski definition) is 7. The molecule has 114 valence electrons. The van der Waals surface area contributed by atoms with Gasteiger partial charge < -0.3 is 15.6 Å². The van der Waals surface area contributed by atoms with E-state index in [0.717, 1.165) is 18.5 Å². The van der Waals surface area contributed by atoms with Gasteiger partial charge in [-0.1, -0.05) is 12.1 Å². The molecule has 3 N–H and O–H groups in total. The summed E-state index contributed by atoms with van der Waals surface area (Å²) in [6, 6.07) is -0.295. The summed E-state index contributed by atoms with van der Waals surface area (Å²) in [5, 5.41) is 9.09. The maximum absolute atomic E-state index is 11.9. The Morgan fingerprint density at radius 2 is 2.29 bits per heavy atom. The molecule has 1 atom stereocenters. The molecule has 2 aromatic rings. The number of nitrogens with zero attached hydrogens (tertiary/aromatic N) is 3. The highest BCUT2D eigenvalue weighted by atomic mass is 32.1. The minimum Gasteiger partial charge on any atom is -0.375 e. The summed E-state index contributed by atoms with van der Waals surface area (Å²) in [4.78, 5) is 20.3. The second-order valence-corrected chi connectivity index (χ2v) is 5.65. The molecule has 0 aliphatic carbocycles. The standard InChI is InChI=1S/C13H19N5O2S/c1-3-4-10-17-12(20-18-10)8(2)15-11(19)6-5-9-7-21-13(14)16-9/h7-8H,3-6H2,1-2H3,(H2,14,16)(H,15,19). The van der Waals surface area contributed by atoms with E-state index in [2.05, 4.69) is 20.4 Å². The highest BCUT2D eigenvalue weighted by molar-refractivity contribution is 7.13. The molecular formula is C13H19N5O2S. The van der Waals surface area contributed by atoms with E-state index >= 15 is 0 Å². The molecule has 2 aromatic heterocycles. The minimum atomic E-state index is -0.295. The van der Waals surface area contributed by atoms with Gasteiger partial charge >= 0.3 is 0 Å². The van der Waals surface area contributed by atoms with Crippen LogP contribution in [0.1, 0.15) is 50.1 Å². The van der Waals surface area contributed by atoms with Crippen molar-refractivity contribution in [2.75, 3.05) is 5.73 Å². The number of hydrogen-bond donors (Lipinski definition) is 2. The molecule has 0 fully saturated rings. The Labute approximate surface area is 127 Å². The highest BCUT2D eigenvalue weighted by Gasteiger charge is 2.16. The van der Waals surface area contributed by atoms with Crippen LogP contribution in [0.2, 0.25) is 0 Å². The molecule has 0 saturated heterocycles. The number of rotatable bonds is 7. The van der Waals surface area contributed by atoms with Crippen LogP contribution in [0.5, 0.6) is 0 Å². The second-order valence-electron chi connectivity index (χ2n) is 4.77. The number of carbonyl (C=O) groups is 1. The monoisotopic (exact) mass is 309 g/mol. The Morgan fingerprint density at radius 3 is 2.95 bits per heavy atom. The molecule has 0 bridgehead atoms. The molecule has 0 aliphatic heterocycles. The van der Waals surface area contributed by atoms with Gasteiger partial charge in [-0.2, -0.15) is 4.98 Å². The zero-order valence-electron chi connectivity index (χ0n) is 12.1. The molecule has 2 rings (SSSR count). The average molecular weight is 309 g/mol. The van der Waals surface area contributed by atoms with Crippen LogP contribution in [-0.4, -0.2) is 21.0 Å². The zero-order chi connectivity index (χ0) is 15.2. The van der Waals surface area contributed by atoms with Gasteiger partial charge in [0.15, 0.2) is 11.0 Å². The van der Waals surface area contributed by atoms with E-state index in [1.807, 2.05) is 19.2 Å². The fraction of sp³-hybridized carbons (Fsp3) is 0.538. The number of nitrogen functional groups attached to an aromatic ring is 1. The van der Waals surface area contributed by atoms with Crippen LogP contribution in [-0.2, 0) is 17.6 Å². The van der Waals surface area contributed by atoms with Gasteiger partial charge in [-0.15, -0.1) is 11.3 Å². The molecule has 1 amide bonds. The third-order valence-electron chi connectivity index (χ3n) is 2.88. The van der Waals surface area contributed by atoms with E-state index in [-0.39, 0.29) is 11.9 Å². The first-order valence-corrected chi connectivity index (χ1v) is 7.78. The number of aromatic nitrogens is 3. The second kappa shape index (κ2) is 7.16. The van der Waals surface area contributed by atoms with Crippen LogP contribution in [0.25, 0.3) is 0 Å². The summed E-state index contributed by atoms with van der Waals surface area (Å²) in [5.74, 6) is 1.03. The Morgan fingerprint density at radius 1 is 1.48 bits per heavy atom. The molecule has 0 aliphatic rings. The molecule has 0 radical (unpaired) electrons. The SMILES string of the molecule is CCCc1noc(C(C)NC(=O)CCc2csc(N)n2)n1. The van der Waals surface area contributed by atoms with Gasteiger partial charge in [0, 0.05) is 18.2 Å². The predicted octanol–water partition coefficient (Wildman–Crippen LogP) is 1.87. The van der Waals surface area contributed by atoms with E-state index < -0.39 is 0 Å². The van der Waals surface area contributed by atoms with Crippen molar-refractivity contribution in [2.45, 2.75) is 45.6 Å². The van der Waals surface area contributed by atoms with Gasteiger partial charge in [-0.25, -0.2) is 4.98 Å². The Hall–Kier alpha value is -1.96. The largest absolute Gasteiger partial charge is 0.375 e. The van der Waals surface area contributed by atoms with Crippen molar-refractivity contribution in [3.8, 4) is 0 Å². The Balaban J connectivity index is 1.80. The Bertz CT molecular complexity index is 595. The Kier molecular flexibility index (Phi) is 5.26. The van der Waals surface area contributed by atoms with Crippen LogP contribution in [0.4, 0.5) is 5.13 Å². The summed E-state index contributed by atoms with van der Waals surface area (Å²) in [6.07, 6.45) is 2.65. The van der Waals surface area contributed by atoms with E-state index in [1.165, 1.54) is 11.3 Å². The van der Waals surface area contributed by atoms with Gasteiger partial charge in [-0.05, 0) is 19.8 Å². The van der Waals surface area contributed by atoms with Gasteiger partial charge in [0.2, 0.25) is 11.8 Å². The first-order chi connectivity index (χ1) is 10.1. The minimum absolute atomic E-state index is 0.0793. The van der Waals surface area contributed by atoms with Crippen molar-refractivity contribution in [3.63, 3.8) is 0 Å². The number of carbonyl (C=O) groups excluding carboxylic acids is 1. The maximum Gasteiger partial charge on any atom is 0.248 e. The van der Waals surface area contributed by atoms with Crippen molar-refractivity contribution >= 4 is 22.4 Å². The normalized spacial score (nSPS) is 12.3. The van der Waals surface area contributed by atoms with Crippen LogP contribution >= 0.6 is 11.3 Å². The van der Waals surface area contributed by atoms with Crippen molar-refractivity contribution in [2.24, 2.45) is 0 Å². The van der Waals surface area contributed by atoms with Crippen molar-refractivity contribution < 1.29 is 9.32 Å². The number of thiazole rings is 1. The molecule has 0 saturated carbocycles.